The summed E-state index contributed by atoms with van der Waals surface area (Å²) in [7, 11) is 0. The minimum absolute atomic E-state index is 0.234. The van der Waals surface area contributed by atoms with E-state index >= 15 is 0 Å². The second-order valence-electron chi connectivity index (χ2n) is 3.81. The molecule has 0 saturated heterocycles. The first-order valence-electron chi connectivity index (χ1n) is 5.51. The molecule has 2 heterocycles. The number of thiazole rings is 1. The summed E-state index contributed by atoms with van der Waals surface area (Å²) in [6.07, 6.45) is 1.75. The van der Waals surface area contributed by atoms with Crippen molar-refractivity contribution in [3.05, 3.63) is 54.1 Å². The molecule has 1 N–H and O–H groups in total. The Bertz CT molecular complexity index is 666. The van der Waals surface area contributed by atoms with Gasteiger partial charge in [-0.25, -0.2) is 9.37 Å². The highest BCUT2D eigenvalue weighted by atomic mass is 32.1. The van der Waals surface area contributed by atoms with Crippen LogP contribution in [0.3, 0.4) is 0 Å². The maximum Gasteiger partial charge on any atom is 0.184 e. The van der Waals surface area contributed by atoms with E-state index in [4.69, 9.17) is 0 Å². The normalized spacial score (nSPS) is 10.7. The van der Waals surface area contributed by atoms with Crippen molar-refractivity contribution in [2.24, 2.45) is 0 Å². The molecule has 3 nitrogen and oxygen atoms in total. The van der Waals surface area contributed by atoms with Crippen molar-refractivity contribution in [1.82, 2.24) is 9.97 Å². The van der Waals surface area contributed by atoms with Gasteiger partial charge in [0.2, 0.25) is 0 Å². The van der Waals surface area contributed by atoms with E-state index in [9.17, 15) is 4.39 Å². The summed E-state index contributed by atoms with van der Waals surface area (Å²) in [5.74, 6) is -0.234. The first-order chi connectivity index (χ1) is 8.81. The largest absolute Gasteiger partial charge is 0.356 e. The number of aromatic nitrogens is 2. The maximum absolute atomic E-state index is 13.0. The van der Waals surface area contributed by atoms with Gasteiger partial charge in [-0.05, 0) is 30.3 Å². The molecule has 0 spiro atoms. The molecule has 0 radical (unpaired) electrons. The van der Waals surface area contributed by atoms with Gasteiger partial charge in [-0.2, -0.15) is 0 Å². The van der Waals surface area contributed by atoms with Gasteiger partial charge >= 0.3 is 0 Å². The SMILES string of the molecule is Fc1ccc2nc(NCc3ccccn3)sc2c1. The van der Waals surface area contributed by atoms with Crippen molar-refractivity contribution in [2.45, 2.75) is 6.54 Å². The summed E-state index contributed by atoms with van der Waals surface area (Å²) < 4.78 is 13.9. The highest BCUT2D eigenvalue weighted by Crippen LogP contribution is 2.26. The number of nitrogens with one attached hydrogen (secondary N) is 1. The Kier molecular flexibility index (Phi) is 2.90. The summed E-state index contributed by atoms with van der Waals surface area (Å²) in [6.45, 7) is 0.614. The summed E-state index contributed by atoms with van der Waals surface area (Å²) >= 11 is 1.44. The van der Waals surface area contributed by atoms with E-state index in [0.717, 1.165) is 21.0 Å². The number of halogens is 1. The van der Waals surface area contributed by atoms with E-state index in [2.05, 4.69) is 15.3 Å². The number of fused-ring (bicyclic) bond motifs is 1. The molecule has 0 atom stereocenters. The predicted octanol–water partition coefficient (Wildman–Crippen LogP) is 3.44. The zero-order valence-electron chi connectivity index (χ0n) is 9.43. The fourth-order valence-corrected chi connectivity index (χ4v) is 2.53. The van der Waals surface area contributed by atoms with Gasteiger partial charge in [0.15, 0.2) is 5.13 Å². The molecular formula is C13H10FN3S. The lowest BCUT2D eigenvalue weighted by atomic mass is 10.3. The highest BCUT2D eigenvalue weighted by Gasteiger charge is 2.04. The molecule has 0 aliphatic carbocycles. The number of anilines is 1. The Morgan fingerprint density at radius 1 is 1.22 bits per heavy atom. The summed E-state index contributed by atoms with van der Waals surface area (Å²) in [5, 5.41) is 3.97. The maximum atomic E-state index is 13.0. The monoisotopic (exact) mass is 259 g/mol. The van der Waals surface area contributed by atoms with Gasteiger partial charge in [0.05, 0.1) is 22.5 Å². The Labute approximate surface area is 107 Å². The standard InChI is InChI=1S/C13H10FN3S/c14-9-4-5-11-12(7-9)18-13(17-11)16-8-10-3-1-2-6-15-10/h1-7H,8H2,(H,16,17). The Hall–Kier alpha value is -2.01. The predicted molar refractivity (Wildman–Crippen MR) is 71.1 cm³/mol. The second kappa shape index (κ2) is 4.70. The third kappa shape index (κ3) is 2.31. The molecule has 0 saturated carbocycles. The van der Waals surface area contributed by atoms with E-state index in [1.165, 1.54) is 23.5 Å². The van der Waals surface area contributed by atoms with Gasteiger partial charge < -0.3 is 5.32 Å². The molecular weight excluding hydrogens is 249 g/mol. The third-order valence-electron chi connectivity index (χ3n) is 2.50. The van der Waals surface area contributed by atoms with Crippen LogP contribution in [0.2, 0.25) is 0 Å². The van der Waals surface area contributed by atoms with Gasteiger partial charge in [-0.15, -0.1) is 0 Å². The van der Waals surface area contributed by atoms with Crippen molar-refractivity contribution in [1.29, 1.82) is 0 Å². The highest BCUT2D eigenvalue weighted by molar-refractivity contribution is 7.22. The quantitative estimate of drug-likeness (QED) is 0.783. The van der Waals surface area contributed by atoms with Crippen LogP contribution in [0.15, 0.2) is 42.6 Å². The lowest BCUT2D eigenvalue weighted by Crippen LogP contribution is -2.00. The zero-order chi connectivity index (χ0) is 12.4. The molecule has 0 unspecified atom stereocenters. The van der Waals surface area contributed by atoms with Crippen LogP contribution in [-0.2, 0) is 6.54 Å². The van der Waals surface area contributed by atoms with Crippen molar-refractivity contribution in [3.63, 3.8) is 0 Å². The van der Waals surface area contributed by atoms with Crippen molar-refractivity contribution in [3.8, 4) is 0 Å². The second-order valence-corrected chi connectivity index (χ2v) is 4.84. The van der Waals surface area contributed by atoms with Crippen LogP contribution in [0.4, 0.5) is 9.52 Å². The van der Waals surface area contributed by atoms with Gasteiger partial charge in [0, 0.05) is 6.20 Å². The third-order valence-corrected chi connectivity index (χ3v) is 3.47. The molecule has 3 rings (SSSR count). The van der Waals surface area contributed by atoms with Crippen molar-refractivity contribution >= 4 is 26.7 Å². The van der Waals surface area contributed by atoms with Crippen molar-refractivity contribution < 1.29 is 4.39 Å². The number of pyridine rings is 1. The van der Waals surface area contributed by atoms with Gasteiger partial charge in [-0.3, -0.25) is 4.98 Å². The van der Waals surface area contributed by atoms with Crippen LogP contribution in [-0.4, -0.2) is 9.97 Å². The average Bonchev–Trinajstić information content (AvgIpc) is 2.79. The summed E-state index contributed by atoms with van der Waals surface area (Å²) in [6, 6.07) is 10.4. The van der Waals surface area contributed by atoms with Crippen LogP contribution >= 0.6 is 11.3 Å². The molecule has 2 aromatic heterocycles. The van der Waals surface area contributed by atoms with E-state index in [-0.39, 0.29) is 5.82 Å². The van der Waals surface area contributed by atoms with E-state index in [1.807, 2.05) is 18.2 Å². The minimum Gasteiger partial charge on any atom is -0.356 e. The molecule has 0 fully saturated rings. The minimum atomic E-state index is -0.234. The fraction of sp³-hybridized carbons (Fsp3) is 0.0769. The van der Waals surface area contributed by atoms with Gasteiger partial charge in [0.1, 0.15) is 5.82 Å². The Balaban J connectivity index is 1.79. The lowest BCUT2D eigenvalue weighted by Gasteiger charge is -2.00. The number of hydrogen-bond acceptors (Lipinski definition) is 4. The molecule has 18 heavy (non-hydrogen) atoms. The topological polar surface area (TPSA) is 37.8 Å². The van der Waals surface area contributed by atoms with Crippen LogP contribution in [0.5, 0.6) is 0 Å². The fourth-order valence-electron chi connectivity index (χ4n) is 1.64. The molecule has 3 aromatic rings. The van der Waals surface area contributed by atoms with Crippen molar-refractivity contribution in [2.75, 3.05) is 5.32 Å². The van der Waals surface area contributed by atoms with Crippen LogP contribution < -0.4 is 5.32 Å². The Morgan fingerprint density at radius 2 is 2.17 bits per heavy atom. The molecule has 0 amide bonds. The number of hydrogen-bond donors (Lipinski definition) is 1. The number of rotatable bonds is 3. The van der Waals surface area contributed by atoms with Crippen LogP contribution in [0.1, 0.15) is 5.69 Å². The van der Waals surface area contributed by atoms with E-state index < -0.39 is 0 Å². The summed E-state index contributed by atoms with van der Waals surface area (Å²) in [4.78, 5) is 8.60. The van der Waals surface area contributed by atoms with Gasteiger partial charge in [-0.1, -0.05) is 17.4 Å². The Morgan fingerprint density at radius 3 is 3.00 bits per heavy atom. The molecule has 1 aromatic carbocycles. The zero-order valence-corrected chi connectivity index (χ0v) is 10.2. The van der Waals surface area contributed by atoms with Crippen LogP contribution in [0.25, 0.3) is 10.2 Å². The molecule has 5 heteroatoms. The van der Waals surface area contributed by atoms with Crippen LogP contribution in [0, 0.1) is 5.82 Å². The molecule has 0 aliphatic heterocycles. The number of nitrogens with zero attached hydrogens (tertiary/aromatic N) is 2. The molecule has 90 valence electrons. The molecule has 0 aliphatic rings. The van der Waals surface area contributed by atoms with Gasteiger partial charge in [0.25, 0.3) is 0 Å². The number of benzene rings is 1. The first-order valence-corrected chi connectivity index (χ1v) is 6.33. The average molecular weight is 259 g/mol. The van der Waals surface area contributed by atoms with E-state index in [0.29, 0.717) is 6.54 Å². The lowest BCUT2D eigenvalue weighted by molar-refractivity contribution is 0.630. The smallest absolute Gasteiger partial charge is 0.184 e. The molecule has 0 bridgehead atoms. The summed E-state index contributed by atoms with van der Waals surface area (Å²) in [5.41, 5.74) is 1.76. The van der Waals surface area contributed by atoms with E-state index in [1.54, 1.807) is 12.3 Å². The first kappa shape index (κ1) is 11.1.